The summed E-state index contributed by atoms with van der Waals surface area (Å²) in [6, 6.07) is 6.12. The first-order valence-electron chi connectivity index (χ1n) is 6.44. The van der Waals surface area contributed by atoms with Crippen LogP contribution in [0.3, 0.4) is 0 Å². The van der Waals surface area contributed by atoms with Crippen molar-refractivity contribution >= 4 is 34.8 Å². The lowest BCUT2D eigenvalue weighted by atomic mass is 9.85. The van der Waals surface area contributed by atoms with E-state index in [4.69, 9.17) is 34.8 Å². The van der Waals surface area contributed by atoms with Crippen molar-refractivity contribution in [3.8, 4) is 0 Å². The third-order valence-corrected chi connectivity index (χ3v) is 4.81. The molecule has 1 saturated carbocycles. The molecule has 1 aliphatic carbocycles. The quantitative estimate of drug-likeness (QED) is 0.782. The van der Waals surface area contributed by atoms with E-state index in [9.17, 15) is 0 Å². The topological polar surface area (TPSA) is 12.0 Å². The second-order valence-corrected chi connectivity index (χ2v) is 6.01. The highest BCUT2D eigenvalue weighted by molar-refractivity contribution is 6.35. The van der Waals surface area contributed by atoms with Crippen molar-refractivity contribution in [3.63, 3.8) is 0 Å². The highest BCUT2D eigenvalue weighted by atomic mass is 35.5. The van der Waals surface area contributed by atoms with Gasteiger partial charge in [-0.05, 0) is 30.9 Å². The SMILES string of the molecule is ClCC1CCCCC1NCc1c(Cl)cccc1Cl. The van der Waals surface area contributed by atoms with Gasteiger partial charge in [0.1, 0.15) is 0 Å². The first kappa shape index (κ1) is 14.5. The van der Waals surface area contributed by atoms with Gasteiger partial charge in [0.25, 0.3) is 0 Å². The molecule has 2 atom stereocenters. The van der Waals surface area contributed by atoms with Gasteiger partial charge in [-0.3, -0.25) is 0 Å². The fourth-order valence-electron chi connectivity index (χ4n) is 2.60. The Hall–Kier alpha value is 0.0500. The zero-order valence-corrected chi connectivity index (χ0v) is 12.5. The van der Waals surface area contributed by atoms with Gasteiger partial charge < -0.3 is 5.32 Å². The monoisotopic (exact) mass is 305 g/mol. The first-order valence-corrected chi connectivity index (χ1v) is 7.73. The lowest BCUT2D eigenvalue weighted by molar-refractivity contribution is 0.282. The van der Waals surface area contributed by atoms with Crippen LogP contribution in [-0.4, -0.2) is 11.9 Å². The smallest absolute Gasteiger partial charge is 0.0465 e. The van der Waals surface area contributed by atoms with Gasteiger partial charge in [-0.1, -0.05) is 42.1 Å². The number of alkyl halides is 1. The molecule has 0 heterocycles. The van der Waals surface area contributed by atoms with Crippen molar-refractivity contribution < 1.29 is 0 Å². The summed E-state index contributed by atoms with van der Waals surface area (Å²) in [5, 5.41) is 5.03. The van der Waals surface area contributed by atoms with Crippen LogP contribution in [0.1, 0.15) is 31.2 Å². The van der Waals surface area contributed by atoms with E-state index >= 15 is 0 Å². The Kier molecular flexibility index (Phi) is 5.62. The molecule has 100 valence electrons. The third-order valence-electron chi connectivity index (χ3n) is 3.71. The van der Waals surface area contributed by atoms with Gasteiger partial charge in [0, 0.05) is 34.1 Å². The molecule has 4 heteroatoms. The molecule has 0 aromatic heterocycles. The Morgan fingerprint density at radius 1 is 1.11 bits per heavy atom. The summed E-state index contributed by atoms with van der Waals surface area (Å²) in [4.78, 5) is 0. The van der Waals surface area contributed by atoms with Crippen molar-refractivity contribution in [3.05, 3.63) is 33.8 Å². The molecule has 0 saturated heterocycles. The average Bonchev–Trinajstić information content (AvgIpc) is 2.38. The maximum absolute atomic E-state index is 6.17. The Bertz CT molecular complexity index is 374. The van der Waals surface area contributed by atoms with Crippen LogP contribution in [0.2, 0.25) is 10.0 Å². The number of rotatable bonds is 4. The molecule has 0 radical (unpaired) electrons. The van der Waals surface area contributed by atoms with E-state index in [1.54, 1.807) is 0 Å². The molecule has 0 amide bonds. The number of hydrogen-bond acceptors (Lipinski definition) is 1. The lowest BCUT2D eigenvalue weighted by Crippen LogP contribution is -2.39. The van der Waals surface area contributed by atoms with Gasteiger partial charge in [-0.15, -0.1) is 11.6 Å². The van der Waals surface area contributed by atoms with E-state index < -0.39 is 0 Å². The molecule has 18 heavy (non-hydrogen) atoms. The maximum atomic E-state index is 6.17. The summed E-state index contributed by atoms with van der Waals surface area (Å²) in [7, 11) is 0. The molecule has 0 aliphatic heterocycles. The van der Waals surface area contributed by atoms with E-state index in [0.29, 0.717) is 12.0 Å². The second-order valence-electron chi connectivity index (χ2n) is 4.89. The van der Waals surface area contributed by atoms with Crippen LogP contribution in [0.4, 0.5) is 0 Å². The van der Waals surface area contributed by atoms with Gasteiger partial charge in [-0.2, -0.15) is 0 Å². The van der Waals surface area contributed by atoms with Crippen molar-refractivity contribution in [1.82, 2.24) is 5.32 Å². The molecular formula is C14H18Cl3N. The van der Waals surface area contributed by atoms with E-state index in [0.717, 1.165) is 28.0 Å². The first-order chi connectivity index (χ1) is 8.72. The molecule has 1 aromatic rings. The molecule has 1 fully saturated rings. The highest BCUT2D eigenvalue weighted by Gasteiger charge is 2.24. The van der Waals surface area contributed by atoms with Gasteiger partial charge in [-0.25, -0.2) is 0 Å². The fraction of sp³-hybridized carbons (Fsp3) is 0.571. The van der Waals surface area contributed by atoms with Gasteiger partial charge in [0.15, 0.2) is 0 Å². The van der Waals surface area contributed by atoms with E-state index in [-0.39, 0.29) is 0 Å². The Morgan fingerprint density at radius 3 is 2.44 bits per heavy atom. The molecule has 2 unspecified atom stereocenters. The summed E-state index contributed by atoms with van der Waals surface area (Å²) in [5.74, 6) is 1.30. The Labute approximate surface area is 124 Å². The highest BCUT2D eigenvalue weighted by Crippen LogP contribution is 2.28. The molecule has 0 spiro atoms. The largest absolute Gasteiger partial charge is 0.309 e. The van der Waals surface area contributed by atoms with Gasteiger partial charge >= 0.3 is 0 Å². The van der Waals surface area contributed by atoms with Crippen molar-refractivity contribution in [2.75, 3.05) is 5.88 Å². The Morgan fingerprint density at radius 2 is 1.78 bits per heavy atom. The zero-order chi connectivity index (χ0) is 13.0. The van der Waals surface area contributed by atoms with Crippen molar-refractivity contribution in [2.24, 2.45) is 5.92 Å². The predicted molar refractivity (Wildman–Crippen MR) is 79.8 cm³/mol. The summed E-state index contributed by atoms with van der Waals surface area (Å²) < 4.78 is 0. The van der Waals surface area contributed by atoms with Crippen LogP contribution in [0, 0.1) is 5.92 Å². The number of benzene rings is 1. The summed E-state index contributed by atoms with van der Waals surface area (Å²) in [5.41, 5.74) is 0.986. The number of nitrogens with one attached hydrogen (secondary N) is 1. The minimum absolute atomic E-state index is 0.489. The minimum Gasteiger partial charge on any atom is -0.309 e. The van der Waals surface area contributed by atoms with Crippen LogP contribution in [0.25, 0.3) is 0 Å². The third kappa shape index (κ3) is 3.54. The number of halogens is 3. The Balaban J connectivity index is 1.98. The summed E-state index contributed by atoms with van der Waals surface area (Å²) in [6.07, 6.45) is 4.99. The molecule has 1 N–H and O–H groups in total. The normalized spacial score (nSPS) is 24.2. The van der Waals surface area contributed by atoms with E-state index in [2.05, 4.69) is 5.32 Å². The fourth-order valence-corrected chi connectivity index (χ4v) is 3.50. The predicted octanol–water partition coefficient (Wildman–Crippen LogP) is 4.88. The molecule has 1 aliphatic rings. The van der Waals surface area contributed by atoms with Crippen LogP contribution < -0.4 is 5.32 Å². The summed E-state index contributed by atoms with van der Waals surface area (Å²) >= 11 is 18.4. The van der Waals surface area contributed by atoms with Crippen LogP contribution in [-0.2, 0) is 6.54 Å². The number of hydrogen-bond donors (Lipinski definition) is 1. The second kappa shape index (κ2) is 7.00. The zero-order valence-electron chi connectivity index (χ0n) is 10.3. The molecule has 1 nitrogen and oxygen atoms in total. The molecule has 2 rings (SSSR count). The van der Waals surface area contributed by atoms with Crippen molar-refractivity contribution in [1.29, 1.82) is 0 Å². The minimum atomic E-state index is 0.489. The van der Waals surface area contributed by atoms with Crippen LogP contribution >= 0.6 is 34.8 Å². The van der Waals surface area contributed by atoms with Gasteiger partial charge in [0.2, 0.25) is 0 Å². The maximum Gasteiger partial charge on any atom is 0.0465 e. The molecule has 1 aromatic carbocycles. The molecular weight excluding hydrogens is 289 g/mol. The van der Waals surface area contributed by atoms with Gasteiger partial charge in [0.05, 0.1) is 0 Å². The standard InChI is InChI=1S/C14H18Cl3N/c15-8-10-4-1-2-7-14(10)18-9-11-12(16)5-3-6-13(11)17/h3,5-6,10,14,18H,1-2,4,7-9H2. The van der Waals surface area contributed by atoms with Crippen LogP contribution in [0.15, 0.2) is 18.2 Å². The van der Waals surface area contributed by atoms with E-state index in [1.807, 2.05) is 18.2 Å². The average molecular weight is 307 g/mol. The summed E-state index contributed by atoms with van der Waals surface area (Å²) in [6.45, 7) is 0.719. The molecule has 0 bridgehead atoms. The van der Waals surface area contributed by atoms with E-state index in [1.165, 1.54) is 25.7 Å². The lowest BCUT2D eigenvalue weighted by Gasteiger charge is -2.31. The van der Waals surface area contributed by atoms with Crippen molar-refractivity contribution in [2.45, 2.75) is 38.3 Å². The van der Waals surface area contributed by atoms with Crippen LogP contribution in [0.5, 0.6) is 0 Å².